The SMILES string of the molecule is Cc1cccn2c(=O)c3c(nc12)N1CCCCC[C@H]1[C@@]1(C3)C(=O)NC(=O)N(CCc2ccccc2)C1=O. The van der Waals surface area contributed by atoms with Crippen molar-refractivity contribution in [2.45, 2.75) is 51.5 Å². The minimum atomic E-state index is -1.57. The minimum Gasteiger partial charge on any atom is -0.352 e. The lowest BCUT2D eigenvalue weighted by atomic mass is 9.68. The molecule has 2 aromatic heterocycles. The lowest BCUT2D eigenvalue weighted by molar-refractivity contribution is -0.153. The fourth-order valence-electron chi connectivity index (χ4n) is 6.23. The highest BCUT2D eigenvalue weighted by atomic mass is 16.2. The zero-order chi connectivity index (χ0) is 25.7. The zero-order valence-corrected chi connectivity index (χ0v) is 20.8. The summed E-state index contributed by atoms with van der Waals surface area (Å²) < 4.78 is 1.49. The Morgan fingerprint density at radius 1 is 1.03 bits per heavy atom. The molecule has 2 fully saturated rings. The summed E-state index contributed by atoms with van der Waals surface area (Å²) in [6.45, 7) is 2.65. The second kappa shape index (κ2) is 8.83. The molecule has 2 atom stereocenters. The highest BCUT2D eigenvalue weighted by molar-refractivity contribution is 6.20. The van der Waals surface area contributed by atoms with Crippen molar-refractivity contribution in [2.24, 2.45) is 5.41 Å². The number of barbiturate groups is 1. The van der Waals surface area contributed by atoms with Gasteiger partial charge in [0.25, 0.3) is 5.56 Å². The molecule has 37 heavy (non-hydrogen) atoms. The summed E-state index contributed by atoms with van der Waals surface area (Å²) in [5.41, 5.74) is 0.938. The van der Waals surface area contributed by atoms with Crippen LogP contribution < -0.4 is 15.8 Å². The average Bonchev–Trinajstić information content (AvgIpc) is 3.16. The van der Waals surface area contributed by atoms with Gasteiger partial charge in [0, 0.05) is 25.7 Å². The Labute approximate surface area is 214 Å². The molecule has 9 nitrogen and oxygen atoms in total. The minimum absolute atomic E-state index is 0.0774. The molecule has 9 heteroatoms. The van der Waals surface area contributed by atoms with E-state index >= 15 is 0 Å². The van der Waals surface area contributed by atoms with Crippen LogP contribution in [0, 0.1) is 12.3 Å². The number of carbonyl (C=O) groups is 3. The average molecular weight is 500 g/mol. The maximum Gasteiger partial charge on any atom is 0.330 e. The van der Waals surface area contributed by atoms with E-state index in [0.717, 1.165) is 30.4 Å². The topological polar surface area (TPSA) is 104 Å². The summed E-state index contributed by atoms with van der Waals surface area (Å²) >= 11 is 0. The summed E-state index contributed by atoms with van der Waals surface area (Å²) in [5.74, 6) is -0.576. The number of rotatable bonds is 3. The predicted octanol–water partition coefficient (Wildman–Crippen LogP) is 2.62. The van der Waals surface area contributed by atoms with Crippen molar-refractivity contribution in [1.29, 1.82) is 0 Å². The molecule has 4 amide bonds. The summed E-state index contributed by atoms with van der Waals surface area (Å²) in [7, 11) is 0. The van der Waals surface area contributed by atoms with Gasteiger partial charge in [-0.25, -0.2) is 9.78 Å². The molecule has 3 aliphatic heterocycles. The molecule has 0 saturated carbocycles. The van der Waals surface area contributed by atoms with Crippen LogP contribution in [0.3, 0.4) is 0 Å². The molecular weight excluding hydrogens is 470 g/mol. The first-order valence-electron chi connectivity index (χ1n) is 12.9. The van der Waals surface area contributed by atoms with E-state index in [9.17, 15) is 19.2 Å². The number of anilines is 1. The van der Waals surface area contributed by atoms with E-state index in [2.05, 4.69) is 5.32 Å². The van der Waals surface area contributed by atoms with Crippen molar-refractivity contribution in [1.82, 2.24) is 19.6 Å². The number of pyridine rings is 1. The highest BCUT2D eigenvalue weighted by Crippen LogP contribution is 2.45. The highest BCUT2D eigenvalue weighted by Gasteiger charge is 2.62. The fourth-order valence-corrected chi connectivity index (χ4v) is 6.23. The van der Waals surface area contributed by atoms with Crippen LogP contribution in [0.25, 0.3) is 5.65 Å². The van der Waals surface area contributed by atoms with Gasteiger partial charge < -0.3 is 4.90 Å². The van der Waals surface area contributed by atoms with E-state index in [4.69, 9.17) is 4.98 Å². The molecule has 1 aromatic carbocycles. The maximum atomic E-state index is 14.2. The van der Waals surface area contributed by atoms with E-state index in [-0.39, 0.29) is 18.5 Å². The molecule has 0 bridgehead atoms. The number of fused-ring (bicyclic) bond motifs is 5. The van der Waals surface area contributed by atoms with Crippen molar-refractivity contribution in [3.63, 3.8) is 0 Å². The third-order valence-corrected chi connectivity index (χ3v) is 8.13. The van der Waals surface area contributed by atoms with Crippen molar-refractivity contribution < 1.29 is 14.4 Å². The second-order valence-electron chi connectivity index (χ2n) is 10.3. The molecule has 5 heterocycles. The number of hydrogen-bond donors (Lipinski definition) is 1. The lowest BCUT2D eigenvalue weighted by Crippen LogP contribution is -2.72. The van der Waals surface area contributed by atoms with Crippen LogP contribution in [0.4, 0.5) is 10.6 Å². The Morgan fingerprint density at radius 2 is 1.84 bits per heavy atom. The van der Waals surface area contributed by atoms with Gasteiger partial charge in [0.2, 0.25) is 11.8 Å². The number of urea groups is 1. The Kier molecular flexibility index (Phi) is 5.58. The van der Waals surface area contributed by atoms with Crippen LogP contribution in [0.5, 0.6) is 0 Å². The molecule has 1 spiro atoms. The van der Waals surface area contributed by atoms with Crippen molar-refractivity contribution in [3.8, 4) is 0 Å². The number of aromatic nitrogens is 2. The molecule has 190 valence electrons. The Hall–Kier alpha value is -4.01. The zero-order valence-electron chi connectivity index (χ0n) is 20.8. The quantitative estimate of drug-likeness (QED) is 0.556. The Balaban J connectivity index is 1.48. The van der Waals surface area contributed by atoms with Crippen LogP contribution in [0.1, 0.15) is 42.4 Å². The van der Waals surface area contributed by atoms with Crippen molar-refractivity contribution >= 4 is 29.3 Å². The smallest absolute Gasteiger partial charge is 0.330 e. The van der Waals surface area contributed by atoms with Crippen LogP contribution in [-0.2, 0) is 22.4 Å². The molecule has 6 rings (SSSR count). The van der Waals surface area contributed by atoms with Gasteiger partial charge in [0.15, 0.2) is 5.41 Å². The van der Waals surface area contributed by atoms with E-state index < -0.39 is 29.3 Å². The van der Waals surface area contributed by atoms with Crippen LogP contribution in [0.2, 0.25) is 0 Å². The summed E-state index contributed by atoms with van der Waals surface area (Å²) in [5, 5.41) is 2.48. The third kappa shape index (κ3) is 3.55. The van der Waals surface area contributed by atoms with Gasteiger partial charge in [0.05, 0.1) is 11.6 Å². The van der Waals surface area contributed by atoms with Crippen LogP contribution in [-0.4, -0.2) is 51.3 Å². The number of benzene rings is 1. The van der Waals surface area contributed by atoms with Crippen LogP contribution in [0.15, 0.2) is 53.5 Å². The maximum absolute atomic E-state index is 14.2. The summed E-state index contributed by atoms with van der Waals surface area (Å²) in [4.78, 5) is 62.6. The monoisotopic (exact) mass is 499 g/mol. The second-order valence-corrected chi connectivity index (χ2v) is 10.3. The molecular formula is C28H29N5O4. The Morgan fingerprint density at radius 3 is 2.65 bits per heavy atom. The first-order chi connectivity index (χ1) is 17.9. The van der Waals surface area contributed by atoms with E-state index in [1.807, 2.05) is 48.2 Å². The largest absolute Gasteiger partial charge is 0.352 e. The molecule has 0 unspecified atom stereocenters. The van der Waals surface area contributed by atoms with Crippen molar-refractivity contribution in [3.05, 3.63) is 75.7 Å². The number of nitrogens with one attached hydrogen (secondary N) is 1. The number of amides is 4. The fraction of sp³-hybridized carbons (Fsp3) is 0.393. The number of nitrogens with zero attached hydrogens (tertiary/aromatic N) is 4. The number of hydrogen-bond acceptors (Lipinski definition) is 6. The van der Waals surface area contributed by atoms with Crippen molar-refractivity contribution in [2.75, 3.05) is 18.0 Å². The van der Waals surface area contributed by atoms with Gasteiger partial charge in [0.1, 0.15) is 11.5 Å². The summed E-state index contributed by atoms with van der Waals surface area (Å²) in [6.07, 6.45) is 5.34. The molecule has 2 saturated heterocycles. The number of aryl methyl sites for hydroxylation is 1. The van der Waals surface area contributed by atoms with E-state index in [1.54, 1.807) is 12.3 Å². The Bertz CT molecular complexity index is 1480. The molecule has 3 aromatic rings. The molecule has 0 aliphatic carbocycles. The first-order valence-corrected chi connectivity index (χ1v) is 12.9. The lowest BCUT2D eigenvalue weighted by Gasteiger charge is -2.50. The molecule has 3 aliphatic rings. The van der Waals surface area contributed by atoms with Gasteiger partial charge in [-0.15, -0.1) is 0 Å². The van der Waals surface area contributed by atoms with Gasteiger partial charge in [-0.05, 0) is 43.4 Å². The number of imide groups is 2. The van der Waals surface area contributed by atoms with Gasteiger partial charge >= 0.3 is 6.03 Å². The van der Waals surface area contributed by atoms with E-state index in [0.29, 0.717) is 36.4 Å². The normalized spacial score (nSPS) is 23.6. The van der Waals surface area contributed by atoms with Gasteiger partial charge in [-0.1, -0.05) is 49.2 Å². The first kappa shape index (κ1) is 23.4. The third-order valence-electron chi connectivity index (χ3n) is 8.13. The van der Waals surface area contributed by atoms with Crippen LogP contribution >= 0.6 is 0 Å². The predicted molar refractivity (Wildman–Crippen MR) is 137 cm³/mol. The molecule has 1 N–H and O–H groups in total. The van der Waals surface area contributed by atoms with Gasteiger partial charge in [-0.3, -0.25) is 29.0 Å². The molecule has 0 radical (unpaired) electrons. The number of carbonyl (C=O) groups excluding carboxylic acids is 3. The van der Waals surface area contributed by atoms with Gasteiger partial charge in [-0.2, -0.15) is 0 Å². The summed E-state index contributed by atoms with van der Waals surface area (Å²) in [6, 6.07) is 12.1. The van der Waals surface area contributed by atoms with E-state index in [1.165, 1.54) is 9.30 Å². The standard InChI is InChI=1S/C28H29N5O4/c1-18-9-8-15-32-22(18)29-23-20(24(32)34)17-28(21-12-6-3-7-14-31(21)23)25(35)30-27(37)33(26(28)36)16-13-19-10-4-2-5-11-19/h2,4-5,8-11,15,21H,3,6-7,12-14,16-17H2,1H3,(H,30,35,37)/t21-,28-/m0/s1.